The number of carbonyl (C=O) groups excluding carboxylic acids is 1. The largest absolute Gasteiger partial charge is 0.461 e. The second-order valence-corrected chi connectivity index (χ2v) is 15.0. The predicted molar refractivity (Wildman–Crippen MR) is 212 cm³/mol. The smallest absolute Gasteiger partial charge is 0.306 e. The molecule has 0 radical (unpaired) electrons. The summed E-state index contributed by atoms with van der Waals surface area (Å²) in [7, 11) is 0. The lowest BCUT2D eigenvalue weighted by Gasteiger charge is -2.19. The Balaban J connectivity index is 2.62. The Kier molecular flexibility index (Phi) is 32.3. The van der Waals surface area contributed by atoms with Crippen LogP contribution in [0.25, 0.3) is 0 Å². The zero-order valence-corrected chi connectivity index (χ0v) is 33.6. The third-order valence-corrected chi connectivity index (χ3v) is 10.2. The molecule has 1 N–H and O–H groups in total. The van der Waals surface area contributed by atoms with Crippen LogP contribution in [0.4, 0.5) is 0 Å². The van der Waals surface area contributed by atoms with Gasteiger partial charge in [-0.3, -0.25) is 4.79 Å². The summed E-state index contributed by atoms with van der Waals surface area (Å²) in [4.78, 5) is 12.9. The highest BCUT2D eigenvalue weighted by molar-refractivity contribution is 5.69. The summed E-state index contributed by atoms with van der Waals surface area (Å²) >= 11 is 0. The molecule has 0 aliphatic heterocycles. The van der Waals surface area contributed by atoms with Gasteiger partial charge in [0.05, 0.1) is 13.0 Å². The molecular weight excluding hydrogens is 620 g/mol. The van der Waals surface area contributed by atoms with Crippen LogP contribution >= 0.6 is 0 Å². The number of hydrogen-bond acceptors (Lipinski definition) is 5. The number of ether oxygens (including phenoxy) is 3. The minimum absolute atomic E-state index is 0.000554. The van der Waals surface area contributed by atoms with Gasteiger partial charge in [0.15, 0.2) is 6.29 Å². The minimum Gasteiger partial charge on any atom is -0.461 e. The summed E-state index contributed by atoms with van der Waals surface area (Å²) in [6.07, 6.45) is 33.4. The van der Waals surface area contributed by atoms with E-state index in [1.807, 2.05) is 6.07 Å². The summed E-state index contributed by atoms with van der Waals surface area (Å²) in [5.41, 5.74) is 3.11. The lowest BCUT2D eigenvalue weighted by Crippen LogP contribution is -2.21. The zero-order valence-electron chi connectivity index (χ0n) is 33.6. The summed E-state index contributed by atoms with van der Waals surface area (Å²) in [5.74, 6) is 0.542. The van der Waals surface area contributed by atoms with E-state index in [0.717, 1.165) is 36.3 Å². The van der Waals surface area contributed by atoms with Gasteiger partial charge in [-0.2, -0.15) is 0 Å². The maximum atomic E-state index is 12.9. The van der Waals surface area contributed by atoms with Gasteiger partial charge in [0.25, 0.3) is 0 Å². The third-order valence-electron chi connectivity index (χ3n) is 10.2. The van der Waals surface area contributed by atoms with Gasteiger partial charge in [-0.05, 0) is 48.3 Å². The van der Waals surface area contributed by atoms with E-state index in [1.54, 1.807) is 0 Å². The molecule has 5 nitrogen and oxygen atoms in total. The number of benzene rings is 1. The maximum absolute atomic E-state index is 12.9. The van der Waals surface area contributed by atoms with Gasteiger partial charge in [-0.1, -0.05) is 187 Å². The molecule has 0 aliphatic carbocycles. The topological polar surface area (TPSA) is 65.0 Å². The molecule has 1 atom stereocenters. The molecule has 0 saturated carbocycles. The van der Waals surface area contributed by atoms with E-state index >= 15 is 0 Å². The van der Waals surface area contributed by atoms with Crippen LogP contribution in [0.1, 0.15) is 218 Å². The second kappa shape index (κ2) is 34.6. The lowest BCUT2D eigenvalue weighted by molar-refractivity contribution is -0.160. The summed E-state index contributed by atoms with van der Waals surface area (Å²) in [6.45, 7) is 10.6. The SMILES string of the molecule is CCCCCCCCOC(CCC(=O)OCc1cc(CO)cc(CCC(CCCCCC)CCCCCCCC)c1)OCCCCCCCC. The Morgan fingerprint density at radius 2 is 0.980 bits per heavy atom. The van der Waals surface area contributed by atoms with Crippen molar-refractivity contribution in [2.75, 3.05) is 13.2 Å². The van der Waals surface area contributed by atoms with Crippen molar-refractivity contribution < 1.29 is 24.1 Å². The molecule has 0 spiro atoms. The maximum Gasteiger partial charge on any atom is 0.306 e. The van der Waals surface area contributed by atoms with E-state index in [1.165, 1.54) is 153 Å². The predicted octanol–water partition coefficient (Wildman–Crippen LogP) is 13.4. The van der Waals surface area contributed by atoms with Crippen LogP contribution in [0.2, 0.25) is 0 Å². The number of hydrogen-bond donors (Lipinski definition) is 1. The van der Waals surface area contributed by atoms with Gasteiger partial charge in [0.2, 0.25) is 0 Å². The van der Waals surface area contributed by atoms with Crippen molar-refractivity contribution >= 4 is 5.97 Å². The first-order valence-corrected chi connectivity index (χ1v) is 21.7. The number of rotatable bonds is 37. The molecule has 1 aromatic carbocycles. The first-order valence-electron chi connectivity index (χ1n) is 21.7. The Morgan fingerprint density at radius 3 is 1.50 bits per heavy atom. The highest BCUT2D eigenvalue weighted by Crippen LogP contribution is 2.25. The summed E-state index contributed by atoms with van der Waals surface area (Å²) < 4.78 is 18.0. The highest BCUT2D eigenvalue weighted by Gasteiger charge is 2.15. The van der Waals surface area contributed by atoms with Crippen LogP contribution in [-0.4, -0.2) is 30.6 Å². The number of aryl methyl sites for hydroxylation is 1. The Labute approximate surface area is 310 Å². The lowest BCUT2D eigenvalue weighted by atomic mass is 9.88. The number of aliphatic hydroxyl groups excluding tert-OH is 1. The molecule has 0 heterocycles. The fourth-order valence-electron chi connectivity index (χ4n) is 6.92. The van der Waals surface area contributed by atoms with Crippen LogP contribution in [-0.2, 0) is 38.6 Å². The third kappa shape index (κ3) is 27.3. The second-order valence-electron chi connectivity index (χ2n) is 15.0. The van der Waals surface area contributed by atoms with Crippen LogP contribution < -0.4 is 0 Å². The first-order chi connectivity index (χ1) is 24.6. The zero-order chi connectivity index (χ0) is 36.3. The average Bonchev–Trinajstić information content (AvgIpc) is 3.13. The molecule has 1 rings (SSSR count). The molecule has 1 aromatic rings. The fraction of sp³-hybridized carbons (Fsp3) is 0.844. The van der Waals surface area contributed by atoms with Gasteiger partial charge in [0, 0.05) is 19.6 Å². The van der Waals surface area contributed by atoms with E-state index in [2.05, 4.69) is 39.8 Å². The van der Waals surface area contributed by atoms with Crippen molar-refractivity contribution in [3.05, 3.63) is 34.9 Å². The van der Waals surface area contributed by atoms with Crippen molar-refractivity contribution in [1.29, 1.82) is 0 Å². The van der Waals surface area contributed by atoms with Crippen molar-refractivity contribution in [2.24, 2.45) is 5.92 Å². The normalized spacial score (nSPS) is 12.2. The molecule has 0 saturated heterocycles. The number of unbranched alkanes of at least 4 members (excludes halogenated alkanes) is 18. The number of carbonyl (C=O) groups is 1. The number of esters is 1. The van der Waals surface area contributed by atoms with E-state index in [4.69, 9.17) is 14.2 Å². The molecular formula is C45H82O5. The summed E-state index contributed by atoms with van der Waals surface area (Å²) in [6, 6.07) is 6.30. The van der Waals surface area contributed by atoms with E-state index in [9.17, 15) is 9.90 Å². The quantitative estimate of drug-likeness (QED) is 0.0425. The first kappa shape index (κ1) is 46.6. The number of aliphatic hydroxyl groups is 1. The summed E-state index contributed by atoms with van der Waals surface area (Å²) in [5, 5.41) is 10.0. The fourth-order valence-corrected chi connectivity index (χ4v) is 6.92. The van der Waals surface area contributed by atoms with Crippen molar-refractivity contribution in [1.82, 2.24) is 0 Å². The molecule has 292 valence electrons. The molecule has 50 heavy (non-hydrogen) atoms. The van der Waals surface area contributed by atoms with Crippen molar-refractivity contribution in [3.8, 4) is 0 Å². The molecule has 0 bridgehead atoms. The standard InChI is InChI=1S/C45H82O5/c1-5-9-13-17-20-24-28-40(27-23-16-12-8-4)29-30-41-35-42(38-46)37-43(36-41)39-50-44(47)31-32-45(48-33-25-21-18-14-10-6-2)49-34-26-22-19-15-11-7-3/h35-37,40,45-46H,5-34,38-39H2,1-4H3. The monoisotopic (exact) mass is 703 g/mol. The molecule has 1 unspecified atom stereocenters. The Hall–Kier alpha value is -1.43. The molecule has 0 fully saturated rings. The molecule has 0 amide bonds. The van der Waals surface area contributed by atoms with Crippen LogP contribution in [0, 0.1) is 5.92 Å². The minimum atomic E-state index is -0.357. The molecule has 5 heteroatoms. The van der Waals surface area contributed by atoms with Crippen LogP contribution in [0.15, 0.2) is 18.2 Å². The van der Waals surface area contributed by atoms with Gasteiger partial charge in [-0.15, -0.1) is 0 Å². The molecule has 0 aliphatic rings. The van der Waals surface area contributed by atoms with Crippen LogP contribution in [0.5, 0.6) is 0 Å². The van der Waals surface area contributed by atoms with Gasteiger partial charge >= 0.3 is 5.97 Å². The van der Waals surface area contributed by atoms with E-state index < -0.39 is 0 Å². The van der Waals surface area contributed by atoms with E-state index in [0.29, 0.717) is 19.6 Å². The van der Waals surface area contributed by atoms with Crippen molar-refractivity contribution in [2.45, 2.75) is 227 Å². The Bertz CT molecular complexity index is 868. The Morgan fingerprint density at radius 1 is 0.540 bits per heavy atom. The van der Waals surface area contributed by atoms with Crippen LogP contribution in [0.3, 0.4) is 0 Å². The van der Waals surface area contributed by atoms with Gasteiger partial charge in [0.1, 0.15) is 6.61 Å². The van der Waals surface area contributed by atoms with E-state index in [-0.39, 0.29) is 31.9 Å². The van der Waals surface area contributed by atoms with Crippen molar-refractivity contribution in [3.63, 3.8) is 0 Å². The van der Waals surface area contributed by atoms with Gasteiger partial charge < -0.3 is 19.3 Å². The van der Waals surface area contributed by atoms with Gasteiger partial charge in [-0.25, -0.2) is 0 Å². The molecule has 0 aromatic heterocycles. The average molecular weight is 703 g/mol. The highest BCUT2D eigenvalue weighted by atomic mass is 16.7.